The van der Waals surface area contributed by atoms with E-state index in [-0.39, 0.29) is 52.3 Å². The minimum absolute atomic E-state index is 0.0121. The van der Waals surface area contributed by atoms with Gasteiger partial charge in [0.05, 0.1) is 23.7 Å². The van der Waals surface area contributed by atoms with Gasteiger partial charge in [0.25, 0.3) is 5.88 Å². The van der Waals surface area contributed by atoms with E-state index in [0.717, 1.165) is 11.1 Å². The number of fused-ring (bicyclic) bond motifs is 4. The number of aliphatic hydroxyl groups excluding tert-OH is 1. The van der Waals surface area contributed by atoms with E-state index in [4.69, 9.17) is 34.8 Å². The lowest BCUT2D eigenvalue weighted by atomic mass is 9.58. The van der Waals surface area contributed by atoms with Crippen molar-refractivity contribution in [1.29, 1.82) is 0 Å². The van der Waals surface area contributed by atoms with Crippen molar-refractivity contribution in [2.24, 2.45) is 11.8 Å². The molecule has 3 aliphatic rings. The molecule has 0 bridgehead atoms. The van der Waals surface area contributed by atoms with Gasteiger partial charge >= 0.3 is 0 Å². The van der Waals surface area contributed by atoms with Crippen LogP contribution in [-0.2, 0) is 24.1 Å². The van der Waals surface area contributed by atoms with Crippen LogP contribution >= 0.6 is 11.6 Å². The van der Waals surface area contributed by atoms with Crippen LogP contribution in [0.5, 0.6) is 17.4 Å². The van der Waals surface area contributed by atoms with E-state index in [0.29, 0.717) is 34.9 Å². The normalized spacial score (nSPS) is 22.4. The molecule has 4 atom stereocenters. The Bertz CT molecular complexity index is 2120. The molecule has 3 aliphatic carbocycles. The number of hydrogen-bond acceptors (Lipinski definition) is 10. The number of nitrogens with zero attached hydrogens (tertiary/aromatic N) is 2. The highest BCUT2D eigenvalue weighted by atomic mass is 35.5. The van der Waals surface area contributed by atoms with Crippen molar-refractivity contribution in [3.8, 4) is 17.4 Å². The number of hydrogen-bond donors (Lipinski definition) is 1. The molecule has 54 heavy (non-hydrogen) atoms. The number of ketones is 2. The minimum Gasteiger partial charge on any atom is -0.508 e. The summed E-state index contributed by atoms with van der Waals surface area (Å²) < 4.78 is 31.4. The number of allylic oxidation sites excluding steroid dienone is 1. The summed E-state index contributed by atoms with van der Waals surface area (Å²) in [5.74, 6) is -1.56. The molecule has 0 fully saturated rings. The van der Waals surface area contributed by atoms with Crippen molar-refractivity contribution >= 4 is 31.5 Å². The summed E-state index contributed by atoms with van der Waals surface area (Å²) in [5.41, 5.74) is 0.882. The third-order valence-electron chi connectivity index (χ3n) is 11.6. The van der Waals surface area contributed by atoms with E-state index in [1.165, 1.54) is 7.11 Å². The van der Waals surface area contributed by atoms with Crippen molar-refractivity contribution in [3.63, 3.8) is 0 Å². The van der Waals surface area contributed by atoms with Gasteiger partial charge < -0.3 is 28.3 Å². The Morgan fingerprint density at radius 3 is 2.15 bits per heavy atom. The lowest BCUT2D eigenvalue weighted by molar-refractivity contribution is -0.0480. The Hall–Kier alpha value is -4.42. The lowest BCUT2D eigenvalue weighted by Gasteiger charge is -2.55. The number of aromatic nitrogens is 1. The van der Waals surface area contributed by atoms with Crippen LogP contribution in [0.25, 0.3) is 0 Å². The van der Waals surface area contributed by atoms with Gasteiger partial charge in [-0.3, -0.25) is 14.5 Å². The smallest absolute Gasteiger partial charge is 0.265 e. The monoisotopic (exact) mass is 770 g/mol. The minimum atomic E-state index is -2.88. The molecular formula is C42H47ClN2O8Si. The van der Waals surface area contributed by atoms with Crippen molar-refractivity contribution in [3.05, 3.63) is 117 Å². The van der Waals surface area contributed by atoms with E-state index in [1.807, 2.05) is 92.8 Å². The van der Waals surface area contributed by atoms with Crippen LogP contribution in [0.2, 0.25) is 23.2 Å². The first kappa shape index (κ1) is 37.9. The molecule has 10 nitrogen and oxygen atoms in total. The number of carbonyl (C=O) groups is 2. The average molecular weight is 771 g/mol. The van der Waals surface area contributed by atoms with Gasteiger partial charge in [0.1, 0.15) is 36.0 Å². The fourth-order valence-corrected chi connectivity index (χ4v) is 9.71. The Morgan fingerprint density at radius 1 is 0.963 bits per heavy atom. The summed E-state index contributed by atoms with van der Waals surface area (Å²) in [4.78, 5) is 32.5. The van der Waals surface area contributed by atoms with E-state index < -0.39 is 43.4 Å². The number of halogens is 1. The number of Topliss-reactive ketones (excluding diaryl/α,β-unsaturated/α-hetero) is 2. The predicted molar refractivity (Wildman–Crippen MR) is 207 cm³/mol. The van der Waals surface area contributed by atoms with Crippen LogP contribution in [0.1, 0.15) is 76.4 Å². The summed E-state index contributed by atoms with van der Waals surface area (Å²) in [7, 11) is 2.43. The predicted octanol–water partition coefficient (Wildman–Crippen LogP) is 8.94. The van der Waals surface area contributed by atoms with E-state index in [2.05, 4.69) is 25.9 Å². The van der Waals surface area contributed by atoms with Gasteiger partial charge in [-0.25, -0.2) is 0 Å². The third kappa shape index (κ3) is 6.15. The second-order valence-corrected chi connectivity index (χ2v) is 21.3. The standard InChI is InChI=1S/C42H47ClN2O8Si/c1-41(2,3)54(7,8)53-42-28(35(45(4)5)37-33(39(42)48)40(44-52-37)51-23-25-17-13-10-14-18-25)20-26-19-27-32(36(46)31(26)38(42)47)29(21-30(49-6)34(27)43)50-22-24-15-11-9-12-16-24/h9-18,21,26,28,35,47H,19-20,22-23H2,1-8H3/t26-,28-,35-,42-/m0/s1. The maximum Gasteiger partial charge on any atom is 0.265 e. The Labute approximate surface area is 322 Å². The maximum atomic E-state index is 15.5. The number of ether oxygens (including phenoxy) is 3. The summed E-state index contributed by atoms with van der Waals surface area (Å²) in [6.45, 7) is 10.6. The quantitative estimate of drug-likeness (QED) is 0.157. The summed E-state index contributed by atoms with van der Waals surface area (Å²) >= 11 is 6.97. The van der Waals surface area contributed by atoms with Crippen LogP contribution in [-0.4, -0.2) is 61.9 Å². The van der Waals surface area contributed by atoms with Gasteiger partial charge in [-0.15, -0.1) is 0 Å². The van der Waals surface area contributed by atoms with E-state index in [9.17, 15) is 5.11 Å². The highest BCUT2D eigenvalue weighted by Crippen LogP contribution is 2.60. The molecule has 7 rings (SSSR count). The first-order valence-electron chi connectivity index (χ1n) is 18.2. The first-order valence-corrected chi connectivity index (χ1v) is 21.5. The summed E-state index contributed by atoms with van der Waals surface area (Å²) in [6.07, 6.45) is 0.607. The molecule has 0 amide bonds. The fourth-order valence-electron chi connectivity index (χ4n) is 7.96. The molecule has 0 saturated carbocycles. The number of aliphatic hydroxyl groups is 1. The molecule has 3 aromatic carbocycles. The summed E-state index contributed by atoms with van der Waals surface area (Å²) in [6, 6.07) is 20.2. The van der Waals surface area contributed by atoms with E-state index >= 15 is 9.59 Å². The zero-order valence-corrected chi connectivity index (χ0v) is 33.7. The van der Waals surface area contributed by atoms with Crippen LogP contribution in [0, 0.1) is 11.8 Å². The molecule has 284 valence electrons. The maximum absolute atomic E-state index is 15.5. The Balaban J connectivity index is 1.42. The topological polar surface area (TPSA) is 121 Å². The number of rotatable bonds is 10. The lowest BCUT2D eigenvalue weighted by Crippen LogP contribution is -2.65. The molecule has 0 saturated heterocycles. The molecule has 12 heteroatoms. The molecule has 0 spiro atoms. The van der Waals surface area contributed by atoms with Crippen LogP contribution in [0.4, 0.5) is 0 Å². The zero-order chi connectivity index (χ0) is 38.7. The van der Waals surface area contributed by atoms with Crippen molar-refractivity contribution in [1.82, 2.24) is 10.1 Å². The van der Waals surface area contributed by atoms with Gasteiger partial charge in [-0.2, -0.15) is 0 Å². The Morgan fingerprint density at radius 2 is 1.57 bits per heavy atom. The number of carbonyl (C=O) groups excluding carboxylic acids is 2. The molecule has 0 aliphatic heterocycles. The molecule has 1 N–H and O–H groups in total. The third-order valence-corrected chi connectivity index (χ3v) is 16.5. The van der Waals surface area contributed by atoms with Gasteiger partial charge in [0.15, 0.2) is 25.5 Å². The van der Waals surface area contributed by atoms with Crippen molar-refractivity contribution in [2.45, 2.75) is 76.6 Å². The average Bonchev–Trinajstić information content (AvgIpc) is 3.55. The number of methoxy groups -OCH3 is 1. The fraction of sp³-hybridized carbons (Fsp3) is 0.405. The molecule has 4 aromatic rings. The highest BCUT2D eigenvalue weighted by Gasteiger charge is 2.67. The van der Waals surface area contributed by atoms with Gasteiger partial charge in [0, 0.05) is 17.6 Å². The SMILES string of the molecule is COc1cc(OCc2ccccc2)c2c(c1Cl)C[C@H]1C[C@H]3[C@H](N(C)C)c4onc(OCc5ccccc5)c4C(=O)[C@@]3(O[Si](C)(C)C(C)(C)C)C(O)=C1C2=O. The molecular weight excluding hydrogens is 724 g/mol. The van der Waals surface area contributed by atoms with Gasteiger partial charge in [0.2, 0.25) is 5.78 Å². The highest BCUT2D eigenvalue weighted by molar-refractivity contribution is 6.74. The second kappa shape index (κ2) is 14.0. The van der Waals surface area contributed by atoms with Gasteiger partial charge in [-0.1, -0.05) is 93.0 Å². The number of benzene rings is 3. The molecule has 1 heterocycles. The molecule has 1 aromatic heterocycles. The second-order valence-electron chi connectivity index (χ2n) is 16.2. The van der Waals surface area contributed by atoms with Crippen molar-refractivity contribution < 1.29 is 37.9 Å². The van der Waals surface area contributed by atoms with Crippen LogP contribution < -0.4 is 14.2 Å². The first-order chi connectivity index (χ1) is 25.6. The van der Waals surface area contributed by atoms with Crippen LogP contribution in [0.15, 0.2) is 82.6 Å². The largest absolute Gasteiger partial charge is 0.508 e. The van der Waals surface area contributed by atoms with Crippen molar-refractivity contribution in [2.75, 3.05) is 21.2 Å². The zero-order valence-electron chi connectivity index (χ0n) is 32.0. The Kier molecular flexibility index (Phi) is 9.83. The van der Waals surface area contributed by atoms with Gasteiger partial charge in [-0.05, 0) is 72.8 Å². The van der Waals surface area contributed by atoms with Crippen LogP contribution in [0.3, 0.4) is 0 Å². The molecule has 0 unspecified atom stereocenters. The van der Waals surface area contributed by atoms with E-state index in [1.54, 1.807) is 6.07 Å². The summed E-state index contributed by atoms with van der Waals surface area (Å²) in [5, 5.41) is 17.1. The molecule has 0 radical (unpaired) electrons.